The molecule has 0 spiro atoms. The minimum absolute atomic E-state index is 0.183. The van der Waals surface area contributed by atoms with Gasteiger partial charge >= 0.3 is 0 Å². The van der Waals surface area contributed by atoms with Crippen molar-refractivity contribution in [3.63, 3.8) is 0 Å². The molecule has 0 saturated carbocycles. The molecule has 4 unspecified atom stereocenters. The van der Waals surface area contributed by atoms with Crippen LogP contribution in [0.4, 0.5) is 0 Å². The van der Waals surface area contributed by atoms with Gasteiger partial charge in [-0.05, 0) is 24.7 Å². The molecule has 26 heavy (non-hydrogen) atoms. The minimum atomic E-state index is -1.03. The number of halogens is 1. The van der Waals surface area contributed by atoms with Gasteiger partial charge in [-0.1, -0.05) is 25.2 Å². The van der Waals surface area contributed by atoms with E-state index >= 15 is 0 Å². The molecule has 140 valence electrons. The van der Waals surface area contributed by atoms with Gasteiger partial charge in [0.2, 0.25) is 6.79 Å². The summed E-state index contributed by atoms with van der Waals surface area (Å²) in [6, 6.07) is 6.39. The lowest BCUT2D eigenvalue weighted by Crippen LogP contribution is -2.49. The maximum absolute atomic E-state index is 12.3. The van der Waals surface area contributed by atoms with Crippen molar-refractivity contribution in [3.8, 4) is 17.6 Å². The van der Waals surface area contributed by atoms with Crippen molar-refractivity contribution in [2.24, 2.45) is 5.92 Å². The molecule has 1 saturated heterocycles. The van der Waals surface area contributed by atoms with Crippen LogP contribution < -0.4 is 14.8 Å². The Balaban J connectivity index is 0.000000758. The van der Waals surface area contributed by atoms with Crippen LogP contribution >= 0.6 is 37.8 Å². The van der Waals surface area contributed by atoms with E-state index in [1.54, 1.807) is 14.1 Å². The van der Waals surface area contributed by atoms with Crippen molar-refractivity contribution in [2.75, 3.05) is 20.9 Å². The molecule has 0 aliphatic carbocycles. The number of rotatable bonds is 2. The van der Waals surface area contributed by atoms with Crippen LogP contribution in [0, 0.1) is 17.2 Å². The van der Waals surface area contributed by atoms with Gasteiger partial charge in [-0.2, -0.15) is 5.26 Å². The van der Waals surface area contributed by atoms with E-state index in [0.717, 1.165) is 10.0 Å². The molecule has 1 amide bonds. The standard InChI is InChI=1S/C15H16BrN3O3S.CH3OP/c1-18-14(20)15(23)5-8(6-17)13(19(15)2)9-3-11-12(4-10(9)16)22-7-21-11;2-1-3/h3-4,8,13,23H,5,7H2,1-2H3,(H,18,20);1H,3H2. The van der Waals surface area contributed by atoms with Crippen LogP contribution in [0.2, 0.25) is 0 Å². The number of carbonyl (C=O) groups excluding carboxylic acids is 2. The quantitative estimate of drug-likeness (QED) is 0.399. The summed E-state index contributed by atoms with van der Waals surface area (Å²) in [5.41, 5.74) is 0.878. The highest BCUT2D eigenvalue weighted by atomic mass is 79.9. The summed E-state index contributed by atoms with van der Waals surface area (Å²) in [4.78, 5) is 21.8. The van der Waals surface area contributed by atoms with Crippen LogP contribution in [0.5, 0.6) is 11.5 Å². The molecule has 1 aromatic carbocycles. The number of hydrogen-bond acceptors (Lipinski definition) is 7. The smallest absolute Gasteiger partial charge is 0.250 e. The predicted octanol–water partition coefficient (Wildman–Crippen LogP) is 2.12. The predicted molar refractivity (Wildman–Crippen MR) is 107 cm³/mol. The molecule has 2 aliphatic rings. The number of hydrogen-bond donors (Lipinski definition) is 2. The van der Waals surface area contributed by atoms with Gasteiger partial charge in [0.25, 0.3) is 5.91 Å². The second-order valence-corrected chi connectivity index (χ2v) is 7.62. The highest BCUT2D eigenvalue weighted by molar-refractivity contribution is 9.10. The average Bonchev–Trinajstić information content (AvgIpc) is 3.17. The molecule has 1 N–H and O–H groups in total. The summed E-state index contributed by atoms with van der Waals surface area (Å²) in [5.74, 6) is 0.720. The first-order chi connectivity index (χ1) is 12.3. The molecule has 0 radical (unpaired) electrons. The number of thiol groups is 1. The van der Waals surface area contributed by atoms with E-state index in [4.69, 9.17) is 14.3 Å². The zero-order valence-electron chi connectivity index (χ0n) is 14.2. The average molecular weight is 460 g/mol. The Bertz CT molecular complexity index is 760. The largest absolute Gasteiger partial charge is 0.454 e. The fourth-order valence-electron chi connectivity index (χ4n) is 3.22. The number of likely N-dealkylation sites (tertiary alicyclic amines) is 1. The van der Waals surface area contributed by atoms with Gasteiger partial charge in [-0.3, -0.25) is 14.5 Å². The second kappa shape index (κ2) is 8.57. The number of benzene rings is 1. The summed E-state index contributed by atoms with van der Waals surface area (Å²) in [5, 5.41) is 12.2. The third-order valence-electron chi connectivity index (χ3n) is 4.45. The van der Waals surface area contributed by atoms with Gasteiger partial charge in [0.1, 0.15) is 10.9 Å². The van der Waals surface area contributed by atoms with E-state index < -0.39 is 4.87 Å². The Labute approximate surface area is 168 Å². The molecule has 0 aromatic heterocycles. The van der Waals surface area contributed by atoms with Crippen molar-refractivity contribution in [3.05, 3.63) is 22.2 Å². The van der Waals surface area contributed by atoms with Crippen LogP contribution in [0.25, 0.3) is 0 Å². The third-order valence-corrected chi connectivity index (χ3v) is 5.84. The van der Waals surface area contributed by atoms with E-state index in [0.29, 0.717) is 23.9 Å². The van der Waals surface area contributed by atoms with Crippen LogP contribution in [-0.2, 0) is 9.59 Å². The van der Waals surface area contributed by atoms with Crippen molar-refractivity contribution in [1.29, 1.82) is 5.26 Å². The molecule has 1 aromatic rings. The summed E-state index contributed by atoms with van der Waals surface area (Å²) >= 11 is 8.12. The first-order valence-electron chi connectivity index (χ1n) is 7.65. The number of carbonyl (C=O) groups is 2. The van der Waals surface area contributed by atoms with E-state index in [1.165, 1.54) is 0 Å². The lowest BCUT2D eigenvalue weighted by Gasteiger charge is -2.33. The summed E-state index contributed by atoms with van der Waals surface area (Å²) in [7, 11) is 5.27. The third kappa shape index (κ3) is 3.70. The minimum Gasteiger partial charge on any atom is -0.454 e. The maximum Gasteiger partial charge on any atom is 0.250 e. The van der Waals surface area contributed by atoms with Crippen LogP contribution in [0.1, 0.15) is 18.0 Å². The molecule has 1 fully saturated rings. The van der Waals surface area contributed by atoms with Crippen LogP contribution in [0.3, 0.4) is 0 Å². The van der Waals surface area contributed by atoms with Crippen molar-refractivity contribution in [1.82, 2.24) is 10.2 Å². The summed E-state index contributed by atoms with van der Waals surface area (Å²) in [6.45, 7) is 0.183. The molecule has 2 aliphatic heterocycles. The Hall–Kier alpha value is -1.33. The fourth-order valence-corrected chi connectivity index (χ4v) is 4.21. The maximum atomic E-state index is 12.3. The summed E-state index contributed by atoms with van der Waals surface area (Å²) in [6.07, 6.45) is 0.342. The molecular formula is C16H19BrN3O4PS. The molecule has 0 bridgehead atoms. The van der Waals surface area contributed by atoms with Gasteiger partial charge in [-0.15, -0.1) is 12.6 Å². The first kappa shape index (κ1) is 21.0. The molecule has 10 heteroatoms. The number of nitriles is 1. The number of ether oxygens (including phenoxy) is 2. The molecule has 4 atom stereocenters. The number of fused-ring (bicyclic) bond motifs is 1. The SMILES string of the molecule is CNC(=O)C1(S)CC(C#N)C(c2cc3c(cc2Br)OCO3)N1C.O=CP. The Morgan fingerprint density at radius 3 is 2.65 bits per heavy atom. The fraction of sp³-hybridized carbons (Fsp3) is 0.438. The van der Waals surface area contributed by atoms with Gasteiger partial charge in [0, 0.05) is 17.9 Å². The van der Waals surface area contributed by atoms with E-state index in [-0.39, 0.29) is 24.7 Å². The molecule has 3 rings (SSSR count). The van der Waals surface area contributed by atoms with Crippen molar-refractivity contribution >= 4 is 49.7 Å². The monoisotopic (exact) mass is 459 g/mol. The molecule has 7 nitrogen and oxygen atoms in total. The number of likely N-dealkylation sites (N-methyl/N-ethyl adjacent to an activating group) is 2. The van der Waals surface area contributed by atoms with Gasteiger partial charge in [-0.25, -0.2) is 0 Å². The van der Waals surface area contributed by atoms with Gasteiger partial charge in [0.15, 0.2) is 11.5 Å². The van der Waals surface area contributed by atoms with Crippen molar-refractivity contribution in [2.45, 2.75) is 17.3 Å². The molecule has 2 heterocycles. The number of amides is 1. The highest BCUT2D eigenvalue weighted by Gasteiger charge is 2.53. The lowest BCUT2D eigenvalue weighted by atomic mass is 9.94. The normalized spacial score (nSPS) is 26.5. The zero-order chi connectivity index (χ0) is 19.5. The van der Waals surface area contributed by atoms with Gasteiger partial charge in [0.05, 0.1) is 18.0 Å². The Morgan fingerprint density at radius 2 is 2.12 bits per heavy atom. The number of nitrogens with zero attached hydrogens (tertiary/aromatic N) is 2. The van der Waals surface area contributed by atoms with Gasteiger partial charge < -0.3 is 14.8 Å². The first-order valence-corrected chi connectivity index (χ1v) is 9.56. The second-order valence-electron chi connectivity index (χ2n) is 5.75. The van der Waals surface area contributed by atoms with Crippen LogP contribution in [-0.4, -0.2) is 42.6 Å². The van der Waals surface area contributed by atoms with Crippen molar-refractivity contribution < 1.29 is 19.1 Å². The van der Waals surface area contributed by atoms with E-state index in [1.807, 2.05) is 26.3 Å². The Morgan fingerprint density at radius 1 is 1.54 bits per heavy atom. The zero-order valence-corrected chi connectivity index (χ0v) is 17.9. The number of nitrogens with one attached hydrogen (secondary N) is 1. The Kier molecular flexibility index (Phi) is 6.92. The van der Waals surface area contributed by atoms with E-state index in [9.17, 15) is 10.1 Å². The molecular weight excluding hydrogens is 441 g/mol. The van der Waals surface area contributed by atoms with E-state index in [2.05, 4.69) is 39.9 Å². The highest BCUT2D eigenvalue weighted by Crippen LogP contribution is 2.51. The topological polar surface area (TPSA) is 91.7 Å². The summed E-state index contributed by atoms with van der Waals surface area (Å²) < 4.78 is 11.6. The van der Waals surface area contributed by atoms with Crippen LogP contribution in [0.15, 0.2) is 16.6 Å². The lowest BCUT2D eigenvalue weighted by molar-refractivity contribution is -0.126.